The number of nitrogens with one attached hydrogen (secondary N) is 2. The minimum atomic E-state index is -0.807. The smallest absolute Gasteiger partial charge is 0.290 e. The van der Waals surface area contributed by atoms with E-state index < -0.39 is 17.9 Å². The molecule has 8 heteroatoms. The van der Waals surface area contributed by atoms with Gasteiger partial charge in [0.15, 0.2) is 11.8 Å². The van der Waals surface area contributed by atoms with Crippen molar-refractivity contribution in [2.24, 2.45) is 0 Å². The molecule has 2 N–H and O–H groups in total. The van der Waals surface area contributed by atoms with E-state index in [4.69, 9.17) is 9.47 Å². The summed E-state index contributed by atoms with van der Waals surface area (Å²) in [7, 11) is 0. The highest BCUT2D eigenvalue weighted by Crippen LogP contribution is 2.28. The fourth-order valence-corrected chi connectivity index (χ4v) is 3.94. The van der Waals surface area contributed by atoms with Crippen molar-refractivity contribution in [3.63, 3.8) is 0 Å². The second-order valence-corrected chi connectivity index (χ2v) is 7.93. The van der Waals surface area contributed by atoms with Crippen LogP contribution in [0.5, 0.6) is 11.5 Å². The van der Waals surface area contributed by atoms with Crippen molar-refractivity contribution in [3.05, 3.63) is 71.0 Å². The number of amides is 2. The molecule has 0 saturated carbocycles. The van der Waals surface area contributed by atoms with E-state index in [1.807, 2.05) is 42.8 Å². The second kappa shape index (κ2) is 9.77. The van der Waals surface area contributed by atoms with Crippen LogP contribution in [-0.2, 0) is 17.6 Å². The highest BCUT2D eigenvalue weighted by atomic mass is 16.5. The maximum Gasteiger partial charge on any atom is 0.290 e. The van der Waals surface area contributed by atoms with Gasteiger partial charge in [0, 0.05) is 11.3 Å². The van der Waals surface area contributed by atoms with Crippen LogP contribution in [-0.4, -0.2) is 34.3 Å². The van der Waals surface area contributed by atoms with Crippen molar-refractivity contribution >= 4 is 11.8 Å². The number of hydrogen-bond acceptors (Lipinski definition) is 5. The summed E-state index contributed by atoms with van der Waals surface area (Å²) in [6.45, 7) is 6.12. The third-order valence-electron chi connectivity index (χ3n) is 5.60. The third-order valence-corrected chi connectivity index (χ3v) is 5.60. The van der Waals surface area contributed by atoms with Gasteiger partial charge < -0.3 is 9.47 Å². The molecule has 172 valence electrons. The number of carbonyl (C=O) groups is 2. The van der Waals surface area contributed by atoms with E-state index in [-0.39, 0.29) is 0 Å². The number of ether oxygens (including phenoxy) is 2. The van der Waals surface area contributed by atoms with Gasteiger partial charge in [0.05, 0.1) is 12.3 Å². The number of hydrazine groups is 1. The molecule has 33 heavy (non-hydrogen) atoms. The van der Waals surface area contributed by atoms with Crippen molar-refractivity contribution in [2.45, 2.75) is 46.1 Å². The van der Waals surface area contributed by atoms with Gasteiger partial charge in [-0.05, 0) is 75.9 Å². The molecule has 2 aromatic carbocycles. The Morgan fingerprint density at radius 3 is 2.52 bits per heavy atom. The zero-order valence-electron chi connectivity index (χ0n) is 19.1. The second-order valence-electron chi connectivity index (χ2n) is 7.93. The SMILES string of the molecule is CCOc1ccc(OC(C)C(=O)NNC(=O)c2nn(-c3ccccc3C)c3c2CCC3)cc1. The molecule has 1 aliphatic rings. The Morgan fingerprint density at radius 1 is 1.06 bits per heavy atom. The van der Waals surface area contributed by atoms with E-state index in [0.717, 1.165) is 47.5 Å². The standard InChI is InChI=1S/C25H28N4O4/c1-4-32-18-12-14-19(15-13-18)33-17(3)24(30)26-27-25(31)23-20-9-7-11-22(20)29(28-23)21-10-6-5-8-16(21)2/h5-6,8,10,12-15,17H,4,7,9,11H2,1-3H3,(H,26,30)(H,27,31). The highest BCUT2D eigenvalue weighted by Gasteiger charge is 2.28. The van der Waals surface area contributed by atoms with E-state index in [2.05, 4.69) is 16.0 Å². The zero-order chi connectivity index (χ0) is 23.4. The minimum Gasteiger partial charge on any atom is -0.494 e. The quantitative estimate of drug-likeness (QED) is 0.541. The van der Waals surface area contributed by atoms with Crippen molar-refractivity contribution in [2.75, 3.05) is 6.61 Å². The predicted octanol–water partition coefficient (Wildman–Crippen LogP) is 3.30. The van der Waals surface area contributed by atoms with E-state index in [0.29, 0.717) is 18.1 Å². The summed E-state index contributed by atoms with van der Waals surface area (Å²) in [5.74, 6) is 0.350. The number of aryl methyl sites for hydroxylation is 1. The predicted molar refractivity (Wildman–Crippen MR) is 124 cm³/mol. The van der Waals surface area contributed by atoms with Crippen LogP contribution in [0.3, 0.4) is 0 Å². The van der Waals surface area contributed by atoms with Gasteiger partial charge in [0.25, 0.3) is 11.8 Å². The topological polar surface area (TPSA) is 94.5 Å². The van der Waals surface area contributed by atoms with Gasteiger partial charge in [0.1, 0.15) is 11.5 Å². The first-order chi connectivity index (χ1) is 16.0. The number of hydrogen-bond donors (Lipinski definition) is 2. The van der Waals surface area contributed by atoms with Crippen LogP contribution in [0, 0.1) is 6.92 Å². The van der Waals surface area contributed by atoms with Gasteiger partial charge in [-0.15, -0.1) is 0 Å². The summed E-state index contributed by atoms with van der Waals surface area (Å²) in [6, 6.07) is 14.9. The summed E-state index contributed by atoms with van der Waals surface area (Å²) in [4.78, 5) is 25.3. The van der Waals surface area contributed by atoms with Crippen LogP contribution in [0.2, 0.25) is 0 Å². The first kappa shape index (κ1) is 22.4. The largest absolute Gasteiger partial charge is 0.494 e. The van der Waals surface area contributed by atoms with Crippen LogP contribution < -0.4 is 20.3 Å². The zero-order valence-corrected chi connectivity index (χ0v) is 19.1. The minimum absolute atomic E-state index is 0.339. The Balaban J connectivity index is 1.40. The molecule has 1 unspecified atom stereocenters. The monoisotopic (exact) mass is 448 g/mol. The van der Waals surface area contributed by atoms with Crippen LogP contribution >= 0.6 is 0 Å². The first-order valence-electron chi connectivity index (χ1n) is 11.1. The molecule has 3 aromatic rings. The van der Waals surface area contributed by atoms with E-state index in [1.54, 1.807) is 31.2 Å². The van der Waals surface area contributed by atoms with Gasteiger partial charge in [-0.2, -0.15) is 5.10 Å². The normalized spacial score (nSPS) is 13.2. The lowest BCUT2D eigenvalue weighted by atomic mass is 10.2. The Labute approximate surface area is 192 Å². The Bertz CT molecular complexity index is 1150. The van der Waals surface area contributed by atoms with Gasteiger partial charge >= 0.3 is 0 Å². The maximum absolute atomic E-state index is 12.9. The molecule has 0 aliphatic heterocycles. The molecule has 0 radical (unpaired) electrons. The highest BCUT2D eigenvalue weighted by molar-refractivity contribution is 5.95. The number of carbonyl (C=O) groups excluding carboxylic acids is 2. The number of aromatic nitrogens is 2. The van der Waals surface area contributed by atoms with Gasteiger partial charge in [-0.1, -0.05) is 18.2 Å². The fraction of sp³-hybridized carbons (Fsp3) is 0.320. The average molecular weight is 449 g/mol. The van der Waals surface area contributed by atoms with Crippen molar-refractivity contribution in [1.29, 1.82) is 0 Å². The van der Waals surface area contributed by atoms with Gasteiger partial charge in [-0.25, -0.2) is 4.68 Å². The lowest BCUT2D eigenvalue weighted by Gasteiger charge is -2.15. The molecular formula is C25H28N4O4. The van der Waals surface area contributed by atoms with Crippen LogP contribution in [0.1, 0.15) is 47.6 Å². The average Bonchev–Trinajstić information content (AvgIpc) is 3.42. The van der Waals surface area contributed by atoms with Crippen molar-refractivity contribution < 1.29 is 19.1 Å². The molecule has 1 aromatic heterocycles. The number of rotatable bonds is 7. The number of nitrogens with zero attached hydrogens (tertiary/aromatic N) is 2. The Morgan fingerprint density at radius 2 is 1.79 bits per heavy atom. The summed E-state index contributed by atoms with van der Waals surface area (Å²) in [6.07, 6.45) is 1.82. The molecule has 1 atom stereocenters. The molecular weight excluding hydrogens is 420 g/mol. The maximum atomic E-state index is 12.9. The molecule has 4 rings (SSSR count). The summed E-state index contributed by atoms with van der Waals surface area (Å²) in [5.41, 5.74) is 9.29. The van der Waals surface area contributed by atoms with E-state index in [1.165, 1.54) is 0 Å². The van der Waals surface area contributed by atoms with Crippen LogP contribution in [0.15, 0.2) is 48.5 Å². The number of benzene rings is 2. The molecule has 2 amide bonds. The van der Waals surface area contributed by atoms with Gasteiger partial charge in [0.2, 0.25) is 0 Å². The van der Waals surface area contributed by atoms with E-state index in [9.17, 15) is 9.59 Å². The summed E-state index contributed by atoms with van der Waals surface area (Å²) >= 11 is 0. The van der Waals surface area contributed by atoms with E-state index >= 15 is 0 Å². The Kier molecular flexibility index (Phi) is 6.63. The summed E-state index contributed by atoms with van der Waals surface area (Å²) < 4.78 is 12.9. The van der Waals surface area contributed by atoms with Gasteiger partial charge in [-0.3, -0.25) is 20.4 Å². The Hall–Kier alpha value is -3.81. The molecule has 0 fully saturated rings. The third kappa shape index (κ3) is 4.84. The molecule has 1 heterocycles. The number of para-hydroxylation sites is 1. The van der Waals surface area contributed by atoms with Crippen molar-refractivity contribution in [1.82, 2.24) is 20.6 Å². The molecule has 1 aliphatic carbocycles. The van der Waals surface area contributed by atoms with Crippen molar-refractivity contribution in [3.8, 4) is 17.2 Å². The lowest BCUT2D eigenvalue weighted by molar-refractivity contribution is -0.128. The van der Waals surface area contributed by atoms with Crippen LogP contribution in [0.25, 0.3) is 5.69 Å². The summed E-state index contributed by atoms with van der Waals surface area (Å²) in [5, 5.41) is 4.59. The lowest BCUT2D eigenvalue weighted by Crippen LogP contribution is -2.47. The molecule has 8 nitrogen and oxygen atoms in total. The first-order valence-corrected chi connectivity index (χ1v) is 11.1. The molecule has 0 spiro atoms. The van der Waals surface area contributed by atoms with Crippen LogP contribution in [0.4, 0.5) is 0 Å². The molecule has 0 saturated heterocycles. The number of fused-ring (bicyclic) bond motifs is 1. The fourth-order valence-electron chi connectivity index (χ4n) is 3.94. The molecule has 0 bridgehead atoms.